The fraction of sp³-hybridized carbons (Fsp3) is 0.545. The third kappa shape index (κ3) is 3.39. The van der Waals surface area contributed by atoms with E-state index in [1.165, 1.54) is 12.4 Å². The van der Waals surface area contributed by atoms with E-state index in [1.807, 2.05) is 14.1 Å². The van der Waals surface area contributed by atoms with Crippen LogP contribution in [-0.4, -0.2) is 52.1 Å². The van der Waals surface area contributed by atoms with Crippen molar-refractivity contribution in [3.05, 3.63) is 18.1 Å². The van der Waals surface area contributed by atoms with Crippen LogP contribution >= 0.6 is 0 Å². The van der Waals surface area contributed by atoms with Gasteiger partial charge in [0, 0.05) is 24.5 Å². The van der Waals surface area contributed by atoms with Crippen LogP contribution in [0.3, 0.4) is 0 Å². The van der Waals surface area contributed by atoms with Gasteiger partial charge in [-0.15, -0.1) is 0 Å². The van der Waals surface area contributed by atoms with E-state index in [2.05, 4.69) is 34.0 Å². The lowest BCUT2D eigenvalue weighted by atomic mass is 10.0. The number of nitrogens with one attached hydrogen (secondary N) is 1. The number of anilines is 1. The molecule has 0 atom stereocenters. The van der Waals surface area contributed by atoms with Crippen molar-refractivity contribution in [1.82, 2.24) is 14.9 Å². The Morgan fingerprint density at radius 1 is 1.41 bits per heavy atom. The molecule has 0 aromatic carbocycles. The van der Waals surface area contributed by atoms with Gasteiger partial charge in [0.2, 0.25) is 0 Å². The smallest absolute Gasteiger partial charge is 0.358 e. The van der Waals surface area contributed by atoms with Crippen LogP contribution in [0.2, 0.25) is 0 Å². The highest BCUT2D eigenvalue weighted by Gasteiger charge is 2.21. The molecule has 1 aromatic rings. The molecule has 0 radical (unpaired) electrons. The third-order valence-electron chi connectivity index (χ3n) is 2.80. The van der Waals surface area contributed by atoms with Crippen molar-refractivity contribution < 1.29 is 9.90 Å². The average molecular weight is 238 g/mol. The first kappa shape index (κ1) is 13.4. The van der Waals surface area contributed by atoms with E-state index < -0.39 is 5.97 Å². The average Bonchev–Trinajstić information content (AvgIpc) is 2.26. The summed E-state index contributed by atoms with van der Waals surface area (Å²) < 4.78 is 0. The van der Waals surface area contributed by atoms with E-state index in [0.717, 1.165) is 0 Å². The highest BCUT2D eigenvalue weighted by molar-refractivity contribution is 5.90. The largest absolute Gasteiger partial charge is 0.476 e. The minimum absolute atomic E-state index is 0.0537. The van der Waals surface area contributed by atoms with E-state index in [0.29, 0.717) is 12.4 Å². The molecule has 0 saturated carbocycles. The zero-order valence-electron chi connectivity index (χ0n) is 10.6. The fourth-order valence-corrected chi connectivity index (χ4v) is 1.08. The van der Waals surface area contributed by atoms with Gasteiger partial charge in [-0.25, -0.2) is 14.8 Å². The minimum atomic E-state index is -1.08. The van der Waals surface area contributed by atoms with Crippen molar-refractivity contribution in [2.75, 3.05) is 26.0 Å². The van der Waals surface area contributed by atoms with E-state index in [1.54, 1.807) is 0 Å². The number of likely N-dealkylation sites (N-methyl/N-ethyl adjacent to an activating group) is 1. The summed E-state index contributed by atoms with van der Waals surface area (Å²) in [5.41, 5.74) is -0.158. The quantitative estimate of drug-likeness (QED) is 0.794. The molecule has 0 bridgehead atoms. The van der Waals surface area contributed by atoms with Crippen LogP contribution in [0, 0.1) is 0 Å². The highest BCUT2D eigenvalue weighted by atomic mass is 16.4. The van der Waals surface area contributed by atoms with Gasteiger partial charge in [0.1, 0.15) is 0 Å². The summed E-state index contributed by atoms with van der Waals surface area (Å²) in [4.78, 5) is 20.8. The summed E-state index contributed by atoms with van der Waals surface area (Å²) >= 11 is 0. The van der Waals surface area contributed by atoms with Gasteiger partial charge in [-0.1, -0.05) is 0 Å². The van der Waals surface area contributed by atoms with Crippen LogP contribution in [0.15, 0.2) is 12.4 Å². The Balaban J connectivity index is 2.79. The molecule has 6 heteroatoms. The van der Waals surface area contributed by atoms with Crippen LogP contribution in [0.1, 0.15) is 24.3 Å². The van der Waals surface area contributed by atoms with Crippen LogP contribution in [0.5, 0.6) is 0 Å². The summed E-state index contributed by atoms with van der Waals surface area (Å²) in [7, 11) is 3.94. The molecule has 6 nitrogen and oxygen atoms in total. The van der Waals surface area contributed by atoms with Crippen molar-refractivity contribution in [3.8, 4) is 0 Å². The Morgan fingerprint density at radius 2 is 2.00 bits per heavy atom. The fourth-order valence-electron chi connectivity index (χ4n) is 1.08. The van der Waals surface area contributed by atoms with Gasteiger partial charge in [-0.2, -0.15) is 0 Å². The SMILES string of the molecule is CN(C)C(C)(C)CNc1nccnc1C(=O)O. The summed E-state index contributed by atoms with van der Waals surface area (Å²) in [5, 5.41) is 12.0. The Bertz CT molecular complexity index is 404. The van der Waals surface area contributed by atoms with E-state index >= 15 is 0 Å². The van der Waals surface area contributed by atoms with Gasteiger partial charge >= 0.3 is 5.97 Å². The Hall–Kier alpha value is -1.69. The third-order valence-corrected chi connectivity index (χ3v) is 2.80. The lowest BCUT2D eigenvalue weighted by Crippen LogP contribution is -2.44. The van der Waals surface area contributed by atoms with Gasteiger partial charge < -0.3 is 15.3 Å². The number of carboxylic acid groups (broad SMARTS) is 1. The second-order valence-corrected chi connectivity index (χ2v) is 4.62. The minimum Gasteiger partial charge on any atom is -0.476 e. The predicted molar refractivity (Wildman–Crippen MR) is 65.2 cm³/mol. The molecular formula is C11H18N4O2. The zero-order chi connectivity index (χ0) is 13.1. The zero-order valence-corrected chi connectivity index (χ0v) is 10.6. The molecule has 2 N–H and O–H groups in total. The second kappa shape index (κ2) is 5.09. The molecule has 0 spiro atoms. The number of aromatic nitrogens is 2. The van der Waals surface area contributed by atoms with Gasteiger partial charge in [-0.3, -0.25) is 0 Å². The van der Waals surface area contributed by atoms with Crippen LogP contribution < -0.4 is 5.32 Å². The second-order valence-electron chi connectivity index (χ2n) is 4.62. The van der Waals surface area contributed by atoms with E-state index in [9.17, 15) is 4.79 Å². The molecule has 0 aliphatic carbocycles. The van der Waals surface area contributed by atoms with Crippen molar-refractivity contribution in [2.24, 2.45) is 0 Å². The van der Waals surface area contributed by atoms with Crippen molar-refractivity contribution in [1.29, 1.82) is 0 Å². The molecular weight excluding hydrogens is 220 g/mol. The molecule has 0 unspecified atom stereocenters. The van der Waals surface area contributed by atoms with Gasteiger partial charge in [0.05, 0.1) is 0 Å². The predicted octanol–water partition coefficient (Wildman–Crippen LogP) is 0.927. The number of hydrogen-bond donors (Lipinski definition) is 2. The maximum atomic E-state index is 10.9. The number of hydrogen-bond acceptors (Lipinski definition) is 5. The summed E-state index contributed by atoms with van der Waals surface area (Å²) in [6.45, 7) is 4.69. The summed E-state index contributed by atoms with van der Waals surface area (Å²) in [5.74, 6) is -0.779. The first-order chi connectivity index (χ1) is 7.84. The van der Waals surface area contributed by atoms with Crippen LogP contribution in [0.4, 0.5) is 5.82 Å². The number of rotatable bonds is 5. The molecule has 0 fully saturated rings. The summed E-state index contributed by atoms with van der Waals surface area (Å²) in [6, 6.07) is 0. The molecule has 0 saturated heterocycles. The van der Waals surface area contributed by atoms with Crippen molar-refractivity contribution in [2.45, 2.75) is 19.4 Å². The normalized spacial score (nSPS) is 11.6. The van der Waals surface area contributed by atoms with Gasteiger partial charge in [-0.05, 0) is 27.9 Å². The number of carboxylic acids is 1. The molecule has 0 aliphatic heterocycles. The molecule has 17 heavy (non-hydrogen) atoms. The molecule has 94 valence electrons. The Labute approximate surface area is 101 Å². The first-order valence-electron chi connectivity index (χ1n) is 5.30. The molecule has 0 amide bonds. The van der Waals surface area contributed by atoms with Crippen LogP contribution in [-0.2, 0) is 0 Å². The van der Waals surface area contributed by atoms with Gasteiger partial charge in [0.15, 0.2) is 11.5 Å². The number of carbonyl (C=O) groups is 1. The lowest BCUT2D eigenvalue weighted by Gasteiger charge is -2.32. The van der Waals surface area contributed by atoms with Crippen molar-refractivity contribution >= 4 is 11.8 Å². The maximum absolute atomic E-state index is 10.9. The Kier molecular flexibility index (Phi) is 4.01. The van der Waals surface area contributed by atoms with Crippen molar-refractivity contribution in [3.63, 3.8) is 0 Å². The molecule has 1 rings (SSSR count). The maximum Gasteiger partial charge on any atom is 0.358 e. The van der Waals surface area contributed by atoms with Crippen LogP contribution in [0.25, 0.3) is 0 Å². The van der Waals surface area contributed by atoms with E-state index in [-0.39, 0.29) is 11.2 Å². The monoisotopic (exact) mass is 238 g/mol. The highest BCUT2D eigenvalue weighted by Crippen LogP contribution is 2.13. The lowest BCUT2D eigenvalue weighted by molar-refractivity contribution is 0.0691. The summed E-state index contributed by atoms with van der Waals surface area (Å²) in [6.07, 6.45) is 2.84. The molecule has 1 aromatic heterocycles. The topological polar surface area (TPSA) is 78.3 Å². The number of nitrogens with zero attached hydrogens (tertiary/aromatic N) is 3. The Morgan fingerprint density at radius 3 is 2.53 bits per heavy atom. The standard InChI is InChI=1S/C11H18N4O2/c1-11(2,15(3)4)7-14-9-8(10(16)17)12-5-6-13-9/h5-6H,7H2,1-4H3,(H,13,14)(H,16,17). The molecule has 1 heterocycles. The first-order valence-corrected chi connectivity index (χ1v) is 5.30. The molecule has 0 aliphatic rings. The van der Waals surface area contributed by atoms with E-state index in [4.69, 9.17) is 5.11 Å². The number of aromatic carboxylic acids is 1. The van der Waals surface area contributed by atoms with Gasteiger partial charge in [0.25, 0.3) is 0 Å².